The summed E-state index contributed by atoms with van der Waals surface area (Å²) in [5.74, 6) is 1.01. The van der Waals surface area contributed by atoms with Gasteiger partial charge in [0.2, 0.25) is 5.95 Å². The van der Waals surface area contributed by atoms with Gasteiger partial charge in [-0.1, -0.05) is 0 Å². The summed E-state index contributed by atoms with van der Waals surface area (Å²) in [5, 5.41) is 5.95. The lowest BCUT2D eigenvalue weighted by Gasteiger charge is -2.20. The van der Waals surface area contributed by atoms with Crippen LogP contribution in [0.15, 0.2) is 36.7 Å². The molecule has 1 amide bonds. The Kier molecular flexibility index (Phi) is 5.16. The van der Waals surface area contributed by atoms with E-state index in [0.29, 0.717) is 23.8 Å². The summed E-state index contributed by atoms with van der Waals surface area (Å²) < 4.78 is 5.36. The van der Waals surface area contributed by atoms with Gasteiger partial charge < -0.3 is 15.4 Å². The standard InChI is InChI=1S/C17H22N4O2/c1-5-23-14-8-6-13(7-9-14)20-15(22)12-10-18-16(19-11-12)21-17(2,3)4/h6-11H,5H2,1-4H3,(H,20,22)(H,18,19,21). The number of rotatable bonds is 5. The third-order valence-electron chi connectivity index (χ3n) is 2.82. The fourth-order valence-electron chi connectivity index (χ4n) is 1.85. The molecule has 0 unspecified atom stereocenters. The minimum absolute atomic E-state index is 0.133. The van der Waals surface area contributed by atoms with Gasteiger partial charge in [0.25, 0.3) is 5.91 Å². The van der Waals surface area contributed by atoms with Crippen molar-refractivity contribution in [2.45, 2.75) is 33.2 Å². The lowest BCUT2D eigenvalue weighted by Crippen LogP contribution is -2.27. The van der Waals surface area contributed by atoms with Crippen LogP contribution in [0.25, 0.3) is 0 Å². The van der Waals surface area contributed by atoms with E-state index >= 15 is 0 Å². The first-order valence-electron chi connectivity index (χ1n) is 7.52. The number of amides is 1. The first-order valence-corrected chi connectivity index (χ1v) is 7.52. The number of benzene rings is 1. The Morgan fingerprint density at radius 1 is 1.13 bits per heavy atom. The van der Waals surface area contributed by atoms with Gasteiger partial charge in [-0.2, -0.15) is 0 Å². The summed E-state index contributed by atoms with van der Waals surface area (Å²) in [6, 6.07) is 7.20. The van der Waals surface area contributed by atoms with Gasteiger partial charge in [0.1, 0.15) is 5.75 Å². The highest BCUT2D eigenvalue weighted by molar-refractivity contribution is 6.03. The molecule has 0 fully saturated rings. The zero-order chi connectivity index (χ0) is 16.9. The smallest absolute Gasteiger partial charge is 0.258 e. The van der Waals surface area contributed by atoms with E-state index in [-0.39, 0.29) is 11.4 Å². The number of carbonyl (C=O) groups is 1. The molecule has 0 spiro atoms. The van der Waals surface area contributed by atoms with E-state index in [1.165, 1.54) is 12.4 Å². The van der Waals surface area contributed by atoms with E-state index in [2.05, 4.69) is 20.6 Å². The number of nitrogens with zero attached hydrogens (tertiary/aromatic N) is 2. The van der Waals surface area contributed by atoms with Crippen molar-refractivity contribution in [3.8, 4) is 5.75 Å². The normalized spacial score (nSPS) is 11.0. The van der Waals surface area contributed by atoms with Gasteiger partial charge in [-0.05, 0) is 52.0 Å². The van der Waals surface area contributed by atoms with Crippen LogP contribution in [0, 0.1) is 0 Å². The maximum Gasteiger partial charge on any atom is 0.258 e. The van der Waals surface area contributed by atoms with Crippen molar-refractivity contribution in [2.24, 2.45) is 0 Å². The predicted octanol–water partition coefficient (Wildman–Crippen LogP) is 3.34. The minimum atomic E-state index is -0.253. The van der Waals surface area contributed by atoms with E-state index in [4.69, 9.17) is 4.74 Å². The highest BCUT2D eigenvalue weighted by Crippen LogP contribution is 2.16. The van der Waals surface area contributed by atoms with Crippen LogP contribution in [0.2, 0.25) is 0 Å². The number of hydrogen-bond acceptors (Lipinski definition) is 5. The fourth-order valence-corrected chi connectivity index (χ4v) is 1.85. The van der Waals surface area contributed by atoms with E-state index in [1.807, 2.05) is 39.8 Å². The molecule has 2 aromatic rings. The Labute approximate surface area is 136 Å². The Balaban J connectivity index is 2.00. The van der Waals surface area contributed by atoms with Crippen molar-refractivity contribution in [3.63, 3.8) is 0 Å². The van der Waals surface area contributed by atoms with Crippen LogP contribution in [-0.4, -0.2) is 28.0 Å². The van der Waals surface area contributed by atoms with Crippen LogP contribution >= 0.6 is 0 Å². The zero-order valence-corrected chi connectivity index (χ0v) is 13.9. The molecule has 0 bridgehead atoms. The molecule has 0 aliphatic carbocycles. The third kappa shape index (κ3) is 5.25. The summed E-state index contributed by atoms with van der Waals surface area (Å²) in [6.07, 6.45) is 3.01. The highest BCUT2D eigenvalue weighted by atomic mass is 16.5. The molecule has 0 saturated heterocycles. The summed E-state index contributed by atoms with van der Waals surface area (Å²) in [5.41, 5.74) is 0.959. The van der Waals surface area contributed by atoms with Gasteiger partial charge in [-0.25, -0.2) is 9.97 Å². The molecule has 0 saturated carbocycles. The molecule has 0 aliphatic rings. The van der Waals surface area contributed by atoms with Crippen molar-refractivity contribution in [1.82, 2.24) is 9.97 Å². The molecule has 122 valence electrons. The maximum atomic E-state index is 12.2. The number of carbonyl (C=O) groups excluding carboxylic acids is 1. The molecular weight excluding hydrogens is 292 g/mol. The number of hydrogen-bond donors (Lipinski definition) is 2. The first-order chi connectivity index (χ1) is 10.9. The van der Waals surface area contributed by atoms with Gasteiger partial charge >= 0.3 is 0 Å². The van der Waals surface area contributed by atoms with Gasteiger partial charge in [0.15, 0.2) is 0 Å². The summed E-state index contributed by atoms with van der Waals surface area (Å²) in [4.78, 5) is 20.5. The van der Waals surface area contributed by atoms with E-state index in [1.54, 1.807) is 12.1 Å². The fraction of sp³-hybridized carbons (Fsp3) is 0.353. The molecular formula is C17H22N4O2. The Morgan fingerprint density at radius 2 is 1.74 bits per heavy atom. The summed E-state index contributed by atoms with van der Waals surface area (Å²) in [7, 11) is 0. The molecule has 0 aliphatic heterocycles. The molecule has 1 aromatic heterocycles. The predicted molar refractivity (Wildman–Crippen MR) is 91.0 cm³/mol. The molecule has 1 aromatic carbocycles. The average molecular weight is 314 g/mol. The first kappa shape index (κ1) is 16.7. The molecule has 2 rings (SSSR count). The zero-order valence-electron chi connectivity index (χ0n) is 13.9. The molecule has 6 nitrogen and oxygen atoms in total. The van der Waals surface area contributed by atoms with Gasteiger partial charge in [0.05, 0.1) is 12.2 Å². The Hall–Kier alpha value is -2.63. The molecule has 0 atom stereocenters. The highest BCUT2D eigenvalue weighted by Gasteiger charge is 2.12. The summed E-state index contributed by atoms with van der Waals surface area (Å²) >= 11 is 0. The Bertz CT molecular complexity index is 646. The van der Waals surface area contributed by atoms with Crippen LogP contribution < -0.4 is 15.4 Å². The van der Waals surface area contributed by atoms with Crippen molar-refractivity contribution < 1.29 is 9.53 Å². The number of ether oxygens (including phenoxy) is 1. The topological polar surface area (TPSA) is 76.1 Å². The largest absolute Gasteiger partial charge is 0.494 e. The van der Waals surface area contributed by atoms with Crippen LogP contribution in [0.1, 0.15) is 38.1 Å². The van der Waals surface area contributed by atoms with Crippen LogP contribution in [-0.2, 0) is 0 Å². The summed E-state index contributed by atoms with van der Waals surface area (Å²) in [6.45, 7) is 8.58. The van der Waals surface area contributed by atoms with Gasteiger partial charge in [0, 0.05) is 23.6 Å². The van der Waals surface area contributed by atoms with E-state index < -0.39 is 0 Å². The second kappa shape index (κ2) is 7.09. The van der Waals surface area contributed by atoms with Crippen LogP contribution in [0.3, 0.4) is 0 Å². The number of aromatic nitrogens is 2. The lowest BCUT2D eigenvalue weighted by atomic mass is 10.1. The molecule has 1 heterocycles. The molecule has 23 heavy (non-hydrogen) atoms. The van der Waals surface area contributed by atoms with E-state index in [0.717, 1.165) is 5.75 Å². The van der Waals surface area contributed by atoms with Crippen molar-refractivity contribution in [3.05, 3.63) is 42.2 Å². The second-order valence-electron chi connectivity index (χ2n) is 6.08. The van der Waals surface area contributed by atoms with Crippen molar-refractivity contribution >= 4 is 17.5 Å². The SMILES string of the molecule is CCOc1ccc(NC(=O)c2cnc(NC(C)(C)C)nc2)cc1. The van der Waals surface area contributed by atoms with Crippen molar-refractivity contribution in [2.75, 3.05) is 17.2 Å². The van der Waals surface area contributed by atoms with Crippen LogP contribution in [0.4, 0.5) is 11.6 Å². The lowest BCUT2D eigenvalue weighted by molar-refractivity contribution is 0.102. The quantitative estimate of drug-likeness (QED) is 0.885. The van der Waals surface area contributed by atoms with Crippen molar-refractivity contribution in [1.29, 1.82) is 0 Å². The number of anilines is 2. The van der Waals surface area contributed by atoms with E-state index in [9.17, 15) is 4.79 Å². The molecule has 6 heteroatoms. The van der Waals surface area contributed by atoms with Gasteiger partial charge in [-0.15, -0.1) is 0 Å². The van der Waals surface area contributed by atoms with Gasteiger partial charge in [-0.3, -0.25) is 4.79 Å². The second-order valence-corrected chi connectivity index (χ2v) is 6.08. The maximum absolute atomic E-state index is 12.2. The monoisotopic (exact) mass is 314 g/mol. The average Bonchev–Trinajstić information content (AvgIpc) is 2.48. The Morgan fingerprint density at radius 3 is 2.26 bits per heavy atom. The minimum Gasteiger partial charge on any atom is -0.494 e. The van der Waals surface area contributed by atoms with Crippen LogP contribution in [0.5, 0.6) is 5.75 Å². The third-order valence-corrected chi connectivity index (χ3v) is 2.82. The molecule has 2 N–H and O–H groups in total. The molecule has 0 radical (unpaired) electrons. The number of nitrogens with one attached hydrogen (secondary N) is 2.